The molecule has 0 aliphatic heterocycles. The Kier molecular flexibility index (Phi) is 7.89. The van der Waals surface area contributed by atoms with Gasteiger partial charge < -0.3 is 10.6 Å². The molecule has 0 aliphatic rings. The predicted molar refractivity (Wildman–Crippen MR) is 75.3 cm³/mol. The van der Waals surface area contributed by atoms with Crippen molar-refractivity contribution in [1.82, 2.24) is 10.6 Å². The van der Waals surface area contributed by atoms with Crippen LogP contribution < -0.4 is 10.6 Å². The molecule has 1 aromatic carbocycles. The summed E-state index contributed by atoms with van der Waals surface area (Å²) in [6.07, 6.45) is 4.01. The average Bonchev–Trinajstić information content (AvgIpc) is 2.41. The summed E-state index contributed by atoms with van der Waals surface area (Å²) in [5.41, 5.74) is 1.25. The van der Waals surface area contributed by atoms with E-state index < -0.39 is 0 Å². The van der Waals surface area contributed by atoms with Gasteiger partial charge in [-0.25, -0.2) is 0 Å². The molecule has 0 aliphatic carbocycles. The lowest BCUT2D eigenvalue weighted by atomic mass is 10.2. The molecular formula is C15H24N2O. The van der Waals surface area contributed by atoms with Crippen molar-refractivity contribution < 1.29 is 4.79 Å². The molecule has 0 atom stereocenters. The van der Waals surface area contributed by atoms with Crippen LogP contribution in [0, 0.1) is 0 Å². The van der Waals surface area contributed by atoms with Crippen molar-refractivity contribution in [2.24, 2.45) is 0 Å². The van der Waals surface area contributed by atoms with Crippen LogP contribution in [-0.2, 0) is 11.3 Å². The Hall–Kier alpha value is -1.35. The smallest absolute Gasteiger partial charge is 0.221 e. The Morgan fingerprint density at radius 3 is 2.61 bits per heavy atom. The van der Waals surface area contributed by atoms with Crippen LogP contribution in [0.4, 0.5) is 0 Å². The van der Waals surface area contributed by atoms with E-state index in [4.69, 9.17) is 0 Å². The molecule has 3 nitrogen and oxygen atoms in total. The minimum absolute atomic E-state index is 0.145. The van der Waals surface area contributed by atoms with E-state index in [0.717, 1.165) is 26.1 Å². The number of hydrogen-bond acceptors (Lipinski definition) is 2. The summed E-state index contributed by atoms with van der Waals surface area (Å²) in [5.74, 6) is 0.145. The molecule has 0 radical (unpaired) electrons. The van der Waals surface area contributed by atoms with Crippen LogP contribution in [0.5, 0.6) is 0 Å². The molecule has 18 heavy (non-hydrogen) atoms. The highest BCUT2D eigenvalue weighted by Crippen LogP contribution is 1.97. The maximum atomic E-state index is 11.5. The molecule has 0 spiro atoms. The first-order valence-electron chi connectivity index (χ1n) is 6.84. The standard InChI is InChI=1S/C15H24N2O/c1-2-3-7-11-17-15(18)10-12-16-13-14-8-5-4-6-9-14/h4-6,8-9,16H,2-3,7,10-13H2,1H3,(H,17,18). The van der Waals surface area contributed by atoms with Crippen molar-refractivity contribution in [1.29, 1.82) is 0 Å². The van der Waals surface area contributed by atoms with Crippen LogP contribution in [0.25, 0.3) is 0 Å². The lowest BCUT2D eigenvalue weighted by molar-refractivity contribution is -0.121. The van der Waals surface area contributed by atoms with Crippen molar-refractivity contribution in [2.75, 3.05) is 13.1 Å². The van der Waals surface area contributed by atoms with Crippen LogP contribution in [0.15, 0.2) is 30.3 Å². The van der Waals surface area contributed by atoms with Gasteiger partial charge in [0.2, 0.25) is 5.91 Å². The van der Waals surface area contributed by atoms with Gasteiger partial charge in [0.05, 0.1) is 0 Å². The van der Waals surface area contributed by atoms with Gasteiger partial charge in [0, 0.05) is 26.1 Å². The molecule has 1 rings (SSSR count). The van der Waals surface area contributed by atoms with Gasteiger partial charge >= 0.3 is 0 Å². The number of hydrogen-bond donors (Lipinski definition) is 2. The van der Waals surface area contributed by atoms with Crippen molar-refractivity contribution in [3.8, 4) is 0 Å². The van der Waals surface area contributed by atoms with E-state index in [1.807, 2.05) is 18.2 Å². The van der Waals surface area contributed by atoms with E-state index in [2.05, 4.69) is 29.7 Å². The van der Waals surface area contributed by atoms with E-state index in [1.54, 1.807) is 0 Å². The molecule has 100 valence electrons. The zero-order valence-electron chi connectivity index (χ0n) is 11.2. The van der Waals surface area contributed by atoms with Crippen LogP contribution in [0.2, 0.25) is 0 Å². The molecule has 0 saturated carbocycles. The number of carbonyl (C=O) groups is 1. The maximum absolute atomic E-state index is 11.5. The Labute approximate surface area is 110 Å². The first-order valence-corrected chi connectivity index (χ1v) is 6.84. The Morgan fingerprint density at radius 1 is 1.11 bits per heavy atom. The maximum Gasteiger partial charge on any atom is 0.221 e. The van der Waals surface area contributed by atoms with Crippen LogP contribution in [-0.4, -0.2) is 19.0 Å². The third-order valence-corrected chi connectivity index (χ3v) is 2.80. The minimum atomic E-state index is 0.145. The number of carbonyl (C=O) groups excluding carboxylic acids is 1. The highest BCUT2D eigenvalue weighted by molar-refractivity contribution is 5.75. The molecule has 0 heterocycles. The van der Waals surface area contributed by atoms with Crippen molar-refractivity contribution in [3.63, 3.8) is 0 Å². The summed E-state index contributed by atoms with van der Waals surface area (Å²) in [7, 11) is 0. The number of unbranched alkanes of at least 4 members (excludes halogenated alkanes) is 2. The van der Waals surface area contributed by atoms with Crippen LogP contribution in [0.3, 0.4) is 0 Å². The fraction of sp³-hybridized carbons (Fsp3) is 0.533. The summed E-state index contributed by atoms with van der Waals surface area (Å²) in [5, 5.41) is 6.21. The number of nitrogens with one attached hydrogen (secondary N) is 2. The fourth-order valence-electron chi connectivity index (χ4n) is 1.72. The van der Waals surface area contributed by atoms with Crippen LogP contribution >= 0.6 is 0 Å². The summed E-state index contributed by atoms with van der Waals surface area (Å²) >= 11 is 0. The largest absolute Gasteiger partial charge is 0.356 e. The summed E-state index contributed by atoms with van der Waals surface area (Å²) < 4.78 is 0. The van der Waals surface area contributed by atoms with Gasteiger partial charge in [-0.15, -0.1) is 0 Å². The second-order valence-electron chi connectivity index (χ2n) is 4.47. The summed E-state index contributed by atoms with van der Waals surface area (Å²) in [6, 6.07) is 10.2. The highest BCUT2D eigenvalue weighted by Gasteiger charge is 1.99. The molecule has 2 N–H and O–H groups in total. The lowest BCUT2D eigenvalue weighted by Gasteiger charge is -2.06. The van der Waals surface area contributed by atoms with E-state index in [-0.39, 0.29) is 5.91 Å². The van der Waals surface area contributed by atoms with Crippen molar-refractivity contribution >= 4 is 5.91 Å². The molecule has 3 heteroatoms. The first-order chi connectivity index (χ1) is 8.83. The molecule has 0 bridgehead atoms. The molecule has 1 aromatic rings. The first kappa shape index (κ1) is 14.7. The topological polar surface area (TPSA) is 41.1 Å². The van der Waals surface area contributed by atoms with E-state index in [9.17, 15) is 4.79 Å². The molecule has 0 aromatic heterocycles. The van der Waals surface area contributed by atoms with Crippen LogP contribution in [0.1, 0.15) is 38.2 Å². The second-order valence-corrected chi connectivity index (χ2v) is 4.47. The quantitative estimate of drug-likeness (QED) is 0.659. The zero-order valence-corrected chi connectivity index (χ0v) is 11.2. The van der Waals surface area contributed by atoms with Gasteiger partial charge in [-0.3, -0.25) is 4.79 Å². The number of benzene rings is 1. The normalized spacial score (nSPS) is 10.3. The second kappa shape index (κ2) is 9.66. The third-order valence-electron chi connectivity index (χ3n) is 2.80. The average molecular weight is 248 g/mol. The monoisotopic (exact) mass is 248 g/mol. The predicted octanol–water partition coefficient (Wildman–Crippen LogP) is 2.47. The van der Waals surface area contributed by atoms with Crippen molar-refractivity contribution in [2.45, 2.75) is 39.2 Å². The van der Waals surface area contributed by atoms with Gasteiger partial charge in [-0.05, 0) is 12.0 Å². The zero-order chi connectivity index (χ0) is 13.1. The van der Waals surface area contributed by atoms with E-state index >= 15 is 0 Å². The SMILES string of the molecule is CCCCCNC(=O)CCNCc1ccccc1. The fourth-order valence-corrected chi connectivity index (χ4v) is 1.72. The molecule has 0 fully saturated rings. The Balaban J connectivity index is 1.99. The molecule has 1 amide bonds. The lowest BCUT2D eigenvalue weighted by Crippen LogP contribution is -2.28. The highest BCUT2D eigenvalue weighted by atomic mass is 16.1. The van der Waals surface area contributed by atoms with Crippen molar-refractivity contribution in [3.05, 3.63) is 35.9 Å². The Bertz CT molecular complexity index is 325. The van der Waals surface area contributed by atoms with Gasteiger partial charge in [0.1, 0.15) is 0 Å². The number of amides is 1. The molecule has 0 saturated heterocycles. The minimum Gasteiger partial charge on any atom is -0.356 e. The van der Waals surface area contributed by atoms with Gasteiger partial charge in [-0.2, -0.15) is 0 Å². The Morgan fingerprint density at radius 2 is 1.89 bits per heavy atom. The molecule has 0 unspecified atom stereocenters. The molecular weight excluding hydrogens is 224 g/mol. The number of rotatable bonds is 9. The third kappa shape index (κ3) is 7.07. The van der Waals surface area contributed by atoms with E-state index in [0.29, 0.717) is 6.42 Å². The van der Waals surface area contributed by atoms with Gasteiger partial charge in [-0.1, -0.05) is 50.1 Å². The summed E-state index contributed by atoms with van der Waals surface area (Å²) in [6.45, 7) is 4.53. The van der Waals surface area contributed by atoms with Gasteiger partial charge in [0.15, 0.2) is 0 Å². The van der Waals surface area contributed by atoms with Gasteiger partial charge in [0.25, 0.3) is 0 Å². The van der Waals surface area contributed by atoms with E-state index in [1.165, 1.54) is 18.4 Å². The summed E-state index contributed by atoms with van der Waals surface area (Å²) in [4.78, 5) is 11.5.